The molecule has 0 saturated carbocycles. The number of aryl methyl sites for hydroxylation is 1. The van der Waals surface area contributed by atoms with Crippen LogP contribution in [0.4, 0.5) is 13.2 Å². The van der Waals surface area contributed by atoms with E-state index in [2.05, 4.69) is 5.10 Å². The number of aromatic nitrogens is 2. The smallest absolute Gasteiger partial charge is 0.375 e. The van der Waals surface area contributed by atoms with Crippen molar-refractivity contribution < 1.29 is 18.3 Å². The van der Waals surface area contributed by atoms with E-state index < -0.39 is 17.8 Å². The molecule has 0 aliphatic carbocycles. The third kappa shape index (κ3) is 1.92. The highest BCUT2D eigenvalue weighted by atomic mass is 19.4. The van der Waals surface area contributed by atoms with E-state index in [0.29, 0.717) is 0 Å². The third-order valence-corrected chi connectivity index (χ3v) is 2.55. The van der Waals surface area contributed by atoms with Crippen LogP contribution >= 0.6 is 0 Å². The van der Waals surface area contributed by atoms with Crippen LogP contribution in [-0.2, 0) is 12.6 Å². The van der Waals surface area contributed by atoms with Gasteiger partial charge in [-0.25, -0.2) is 0 Å². The molecule has 4 nitrogen and oxygen atoms in total. The molecule has 0 spiro atoms. The SMILES string of the molecule is CCC(N)C(O)(c1cnn(C)c1)C(F)(F)F. The van der Waals surface area contributed by atoms with E-state index in [9.17, 15) is 18.3 Å². The Hall–Kier alpha value is -1.08. The number of nitrogens with zero attached hydrogens (tertiary/aromatic N) is 2. The van der Waals surface area contributed by atoms with Crippen LogP contribution in [-0.4, -0.2) is 27.1 Å². The van der Waals surface area contributed by atoms with E-state index >= 15 is 0 Å². The number of nitrogens with two attached hydrogens (primary N) is 1. The third-order valence-electron chi connectivity index (χ3n) is 2.55. The van der Waals surface area contributed by atoms with Gasteiger partial charge in [-0.05, 0) is 6.42 Å². The largest absolute Gasteiger partial charge is 0.423 e. The molecule has 0 radical (unpaired) electrons. The van der Waals surface area contributed by atoms with E-state index in [1.54, 1.807) is 0 Å². The fourth-order valence-electron chi connectivity index (χ4n) is 1.50. The Morgan fingerprint density at radius 1 is 1.56 bits per heavy atom. The monoisotopic (exact) mass is 237 g/mol. The highest BCUT2D eigenvalue weighted by molar-refractivity contribution is 5.21. The lowest BCUT2D eigenvalue weighted by Crippen LogP contribution is -2.55. The molecule has 0 bridgehead atoms. The molecule has 0 amide bonds. The first kappa shape index (κ1) is 13.0. The van der Waals surface area contributed by atoms with E-state index in [-0.39, 0.29) is 12.0 Å². The summed E-state index contributed by atoms with van der Waals surface area (Å²) < 4.78 is 39.8. The maximum absolute atomic E-state index is 12.9. The van der Waals surface area contributed by atoms with Crippen LogP contribution in [0.1, 0.15) is 18.9 Å². The lowest BCUT2D eigenvalue weighted by Gasteiger charge is -2.34. The van der Waals surface area contributed by atoms with Gasteiger partial charge in [0.2, 0.25) is 5.60 Å². The van der Waals surface area contributed by atoms with Crippen LogP contribution in [0.5, 0.6) is 0 Å². The topological polar surface area (TPSA) is 64.1 Å². The molecule has 3 N–H and O–H groups in total. The van der Waals surface area contributed by atoms with Gasteiger partial charge in [0.25, 0.3) is 0 Å². The van der Waals surface area contributed by atoms with Gasteiger partial charge in [-0.3, -0.25) is 4.68 Å². The molecule has 0 fully saturated rings. The number of alkyl halides is 3. The second kappa shape index (κ2) is 4.06. The number of hydrogen-bond acceptors (Lipinski definition) is 3. The van der Waals surface area contributed by atoms with Crippen LogP contribution < -0.4 is 5.73 Å². The molecule has 0 saturated heterocycles. The minimum absolute atomic E-state index is 0.00487. The van der Waals surface area contributed by atoms with Crippen molar-refractivity contribution in [2.75, 3.05) is 0 Å². The number of rotatable bonds is 3. The molecule has 16 heavy (non-hydrogen) atoms. The lowest BCUT2D eigenvalue weighted by atomic mass is 9.86. The minimum atomic E-state index is -4.83. The molecule has 1 aromatic heterocycles. The molecule has 0 aromatic carbocycles. The van der Waals surface area contributed by atoms with Gasteiger partial charge in [0.15, 0.2) is 0 Å². The van der Waals surface area contributed by atoms with Crippen molar-refractivity contribution in [2.24, 2.45) is 12.8 Å². The van der Waals surface area contributed by atoms with E-state index in [0.717, 1.165) is 12.4 Å². The normalized spacial score (nSPS) is 18.2. The molecule has 92 valence electrons. The summed E-state index contributed by atoms with van der Waals surface area (Å²) in [5.41, 5.74) is 1.99. The number of hydrogen-bond donors (Lipinski definition) is 2. The standard InChI is InChI=1S/C9H14F3N3O/c1-3-7(13)8(16,9(10,11)12)6-4-14-15(2)5-6/h4-5,7,16H,3,13H2,1-2H3. The highest BCUT2D eigenvalue weighted by Crippen LogP contribution is 2.41. The van der Waals surface area contributed by atoms with Gasteiger partial charge in [0, 0.05) is 24.8 Å². The Labute approximate surface area is 90.9 Å². The Morgan fingerprint density at radius 3 is 2.44 bits per heavy atom. The molecule has 7 heteroatoms. The predicted octanol–water partition coefficient (Wildman–Crippen LogP) is 0.907. The average Bonchev–Trinajstić information content (AvgIpc) is 2.60. The molecule has 2 unspecified atom stereocenters. The van der Waals surface area contributed by atoms with Crippen molar-refractivity contribution in [2.45, 2.75) is 31.2 Å². The molecular formula is C9H14F3N3O. The molecule has 0 aliphatic heterocycles. The van der Waals surface area contributed by atoms with Crippen LogP contribution in [0.25, 0.3) is 0 Å². The Morgan fingerprint density at radius 2 is 2.12 bits per heavy atom. The maximum atomic E-state index is 12.9. The highest BCUT2D eigenvalue weighted by Gasteiger charge is 2.58. The van der Waals surface area contributed by atoms with Gasteiger partial charge < -0.3 is 10.8 Å². The molecular weight excluding hydrogens is 223 g/mol. The van der Waals surface area contributed by atoms with Crippen molar-refractivity contribution in [1.29, 1.82) is 0 Å². The zero-order valence-electron chi connectivity index (χ0n) is 8.99. The number of halogens is 3. The molecule has 1 heterocycles. The predicted molar refractivity (Wildman–Crippen MR) is 51.4 cm³/mol. The molecule has 2 atom stereocenters. The second-order valence-electron chi connectivity index (χ2n) is 3.68. The van der Waals surface area contributed by atoms with Crippen LogP contribution in [0.3, 0.4) is 0 Å². The summed E-state index contributed by atoms with van der Waals surface area (Å²) in [4.78, 5) is 0. The lowest BCUT2D eigenvalue weighted by molar-refractivity contribution is -0.274. The van der Waals surface area contributed by atoms with Crippen LogP contribution in [0.15, 0.2) is 12.4 Å². The van der Waals surface area contributed by atoms with E-state index in [1.807, 2.05) is 0 Å². The summed E-state index contributed by atoms with van der Waals surface area (Å²) in [6.07, 6.45) is -2.73. The van der Waals surface area contributed by atoms with Crippen molar-refractivity contribution >= 4 is 0 Å². The number of aliphatic hydroxyl groups is 1. The van der Waals surface area contributed by atoms with Gasteiger partial charge in [-0.1, -0.05) is 6.92 Å². The van der Waals surface area contributed by atoms with E-state index in [4.69, 9.17) is 5.73 Å². The summed E-state index contributed by atoms with van der Waals surface area (Å²) in [5.74, 6) is 0. The first-order chi connectivity index (χ1) is 7.23. The van der Waals surface area contributed by atoms with Crippen molar-refractivity contribution in [1.82, 2.24) is 9.78 Å². The zero-order valence-corrected chi connectivity index (χ0v) is 8.99. The summed E-state index contributed by atoms with van der Waals surface area (Å²) in [7, 11) is 1.47. The maximum Gasteiger partial charge on any atom is 0.423 e. The zero-order chi connectivity index (χ0) is 12.6. The Bertz CT molecular complexity index is 363. The fourth-order valence-corrected chi connectivity index (χ4v) is 1.50. The van der Waals surface area contributed by atoms with Crippen molar-refractivity contribution in [3.05, 3.63) is 18.0 Å². The van der Waals surface area contributed by atoms with E-state index in [1.165, 1.54) is 18.7 Å². The Kier molecular flexibility index (Phi) is 3.30. The van der Waals surface area contributed by atoms with Gasteiger partial charge in [0.05, 0.1) is 6.20 Å². The van der Waals surface area contributed by atoms with Gasteiger partial charge in [0.1, 0.15) is 0 Å². The first-order valence-corrected chi connectivity index (χ1v) is 4.77. The quantitative estimate of drug-likeness (QED) is 0.821. The summed E-state index contributed by atoms with van der Waals surface area (Å²) in [6.45, 7) is 1.48. The van der Waals surface area contributed by atoms with Crippen molar-refractivity contribution in [3.63, 3.8) is 0 Å². The average molecular weight is 237 g/mol. The second-order valence-corrected chi connectivity index (χ2v) is 3.68. The van der Waals surface area contributed by atoms with Gasteiger partial charge in [-0.15, -0.1) is 0 Å². The molecule has 1 rings (SSSR count). The van der Waals surface area contributed by atoms with Crippen molar-refractivity contribution in [3.8, 4) is 0 Å². The Balaban J connectivity index is 3.25. The fraction of sp³-hybridized carbons (Fsp3) is 0.667. The van der Waals surface area contributed by atoms with Gasteiger partial charge >= 0.3 is 6.18 Å². The first-order valence-electron chi connectivity index (χ1n) is 4.77. The summed E-state index contributed by atoms with van der Waals surface area (Å²) >= 11 is 0. The summed E-state index contributed by atoms with van der Waals surface area (Å²) in [6, 6.07) is -1.42. The van der Waals surface area contributed by atoms with Crippen LogP contribution in [0, 0.1) is 0 Å². The van der Waals surface area contributed by atoms with Gasteiger partial charge in [-0.2, -0.15) is 18.3 Å². The minimum Gasteiger partial charge on any atom is -0.375 e. The summed E-state index contributed by atoms with van der Waals surface area (Å²) in [5, 5.41) is 13.4. The van der Waals surface area contributed by atoms with Crippen LogP contribution in [0.2, 0.25) is 0 Å². The molecule has 1 aromatic rings. The molecule has 0 aliphatic rings.